The van der Waals surface area contributed by atoms with E-state index in [1.54, 1.807) is 11.8 Å². The molecule has 2 aromatic carbocycles. The smallest absolute Gasteiger partial charge is 0.372 e. The normalized spacial score (nSPS) is 30.0. The van der Waals surface area contributed by atoms with Crippen molar-refractivity contribution >= 4 is 46.3 Å². The lowest BCUT2D eigenvalue weighted by Gasteiger charge is -2.43. The molecule has 6 nitrogen and oxygen atoms in total. The molecule has 0 radical (unpaired) electrons. The van der Waals surface area contributed by atoms with Gasteiger partial charge in [0, 0.05) is 34.8 Å². The Bertz CT molecular complexity index is 1600. The summed E-state index contributed by atoms with van der Waals surface area (Å²) in [4.78, 5) is 47.2. The summed E-state index contributed by atoms with van der Waals surface area (Å²) in [6.45, 7) is 5.99. The van der Waals surface area contributed by atoms with Gasteiger partial charge in [-0.25, -0.2) is 0 Å². The summed E-state index contributed by atoms with van der Waals surface area (Å²) in [7, 11) is 0. The van der Waals surface area contributed by atoms with Crippen LogP contribution < -0.4 is 14.7 Å². The maximum Gasteiger partial charge on any atom is 0.416 e. The van der Waals surface area contributed by atoms with Crippen LogP contribution in [0.25, 0.3) is 0 Å². The predicted octanol–water partition coefficient (Wildman–Crippen LogP) is 5.98. The van der Waals surface area contributed by atoms with E-state index < -0.39 is 35.4 Å². The number of aromatic amines is 1. The van der Waals surface area contributed by atoms with Crippen LogP contribution in [-0.4, -0.2) is 35.1 Å². The highest BCUT2D eigenvalue weighted by molar-refractivity contribution is 8.00. The number of alkyl halides is 3. The minimum atomic E-state index is -4.58. The van der Waals surface area contributed by atoms with Gasteiger partial charge >= 0.3 is 11.0 Å². The number of imide groups is 1. The second-order valence-electron chi connectivity index (χ2n) is 11.3. The third kappa shape index (κ3) is 3.95. The van der Waals surface area contributed by atoms with Crippen molar-refractivity contribution in [3.05, 3.63) is 74.2 Å². The molecule has 2 aliphatic carbocycles. The molecule has 1 aromatic heterocycles. The van der Waals surface area contributed by atoms with E-state index in [9.17, 15) is 27.6 Å². The van der Waals surface area contributed by atoms with E-state index in [0.29, 0.717) is 0 Å². The first-order valence-corrected chi connectivity index (χ1v) is 15.6. The van der Waals surface area contributed by atoms with Crippen molar-refractivity contribution in [3.8, 4) is 0 Å². The molecule has 41 heavy (non-hydrogen) atoms. The second kappa shape index (κ2) is 9.49. The maximum atomic E-state index is 13.9. The number of halogens is 3. The fourth-order valence-corrected chi connectivity index (χ4v) is 10.8. The molecule has 0 unspecified atom stereocenters. The number of carbonyl (C=O) groups excluding carboxylic acids is 2. The predicted molar refractivity (Wildman–Crippen MR) is 152 cm³/mol. The van der Waals surface area contributed by atoms with Crippen molar-refractivity contribution < 1.29 is 22.8 Å². The van der Waals surface area contributed by atoms with Gasteiger partial charge in [0.15, 0.2) is 0 Å². The average molecular weight is 600 g/mol. The number of carbonyl (C=O) groups is 2. The number of H-pyrrole nitrogens is 1. The second-order valence-corrected chi connectivity index (χ2v) is 13.5. The Morgan fingerprint density at radius 2 is 1.66 bits per heavy atom. The van der Waals surface area contributed by atoms with E-state index >= 15 is 0 Å². The van der Waals surface area contributed by atoms with Crippen molar-refractivity contribution in [2.24, 2.45) is 29.6 Å². The topological polar surface area (TPSA) is 73.5 Å². The van der Waals surface area contributed by atoms with Gasteiger partial charge in [0.05, 0.1) is 28.1 Å². The summed E-state index contributed by atoms with van der Waals surface area (Å²) in [5, 5.41) is 0.847. The number of hydrogen-bond donors (Lipinski definition) is 1. The van der Waals surface area contributed by atoms with Gasteiger partial charge in [-0.05, 0) is 73.9 Å². The number of nitrogens with one attached hydrogen (secondary N) is 1. The van der Waals surface area contributed by atoms with Gasteiger partial charge in [-0.1, -0.05) is 29.5 Å². The number of anilines is 2. The summed E-state index contributed by atoms with van der Waals surface area (Å²) < 4.78 is 40.3. The molecule has 3 aromatic rings. The highest BCUT2D eigenvalue weighted by Gasteiger charge is 2.69. The number of benzene rings is 2. The number of thiazole rings is 1. The first-order valence-electron chi connectivity index (χ1n) is 13.9. The first kappa shape index (κ1) is 26.8. The van der Waals surface area contributed by atoms with Crippen LogP contribution in [0.3, 0.4) is 0 Å². The summed E-state index contributed by atoms with van der Waals surface area (Å²) in [5.74, 6) is -2.22. The molecule has 3 fully saturated rings. The molecular weight excluding hydrogens is 571 g/mol. The zero-order valence-corrected chi connectivity index (χ0v) is 24.0. The first-order chi connectivity index (χ1) is 19.6. The van der Waals surface area contributed by atoms with Crippen LogP contribution in [0.15, 0.2) is 58.4 Å². The zero-order valence-electron chi connectivity index (χ0n) is 22.4. The fraction of sp³-hybridized carbons (Fsp3) is 0.433. The molecule has 1 saturated heterocycles. The Labute approximate surface area is 242 Å². The summed E-state index contributed by atoms with van der Waals surface area (Å²) >= 11 is 2.80. The Kier molecular flexibility index (Phi) is 6.21. The van der Waals surface area contributed by atoms with E-state index in [0.717, 1.165) is 57.7 Å². The number of aromatic nitrogens is 1. The summed E-state index contributed by atoms with van der Waals surface area (Å²) in [6, 6.07) is 12.9. The molecular formula is C30H28F3N3O3S2. The number of fused-ring (bicyclic) bond motifs is 9. The lowest BCUT2D eigenvalue weighted by Crippen LogP contribution is -2.42. The number of amides is 2. The monoisotopic (exact) mass is 599 g/mol. The van der Waals surface area contributed by atoms with Crippen molar-refractivity contribution in [2.45, 2.75) is 42.6 Å². The highest BCUT2D eigenvalue weighted by Crippen LogP contribution is 2.68. The summed E-state index contributed by atoms with van der Waals surface area (Å²) in [5.41, 5.74) is 1.28. The minimum absolute atomic E-state index is 0.0182. The SMILES string of the molecule is CCN(CC)c1ccc([C@@H]2c3sc(=O)[nH]c3S[C@@H]3[C@@H]4C[C@@H]([C@@H]5C(=O)N(c6cccc(C(F)(F)F)c6)C(=O)[C@@H]45)[C@@H]23)cc1. The van der Waals surface area contributed by atoms with Crippen LogP contribution in [0, 0.1) is 29.6 Å². The van der Waals surface area contributed by atoms with Crippen LogP contribution in [0.1, 0.15) is 42.2 Å². The third-order valence-corrected chi connectivity index (χ3v) is 12.1. The van der Waals surface area contributed by atoms with Crippen molar-refractivity contribution in [1.29, 1.82) is 0 Å². The third-order valence-electron chi connectivity index (χ3n) is 9.54. The molecule has 4 aliphatic rings. The van der Waals surface area contributed by atoms with Crippen LogP contribution in [0.4, 0.5) is 24.5 Å². The lowest BCUT2D eigenvalue weighted by atomic mass is 9.68. The molecule has 2 aliphatic heterocycles. The number of thioether (sulfide) groups is 1. The minimum Gasteiger partial charge on any atom is -0.372 e. The van der Waals surface area contributed by atoms with Crippen molar-refractivity contribution in [1.82, 2.24) is 4.98 Å². The van der Waals surface area contributed by atoms with Gasteiger partial charge in [-0.3, -0.25) is 19.3 Å². The van der Waals surface area contributed by atoms with Crippen molar-refractivity contribution in [3.63, 3.8) is 0 Å². The van der Waals surface area contributed by atoms with Gasteiger partial charge in [-0.2, -0.15) is 13.2 Å². The largest absolute Gasteiger partial charge is 0.416 e. The Morgan fingerprint density at radius 3 is 2.32 bits per heavy atom. The molecule has 0 spiro atoms. The molecule has 3 heterocycles. The van der Waals surface area contributed by atoms with Crippen LogP contribution in [-0.2, 0) is 15.8 Å². The Morgan fingerprint density at radius 1 is 0.976 bits per heavy atom. The Balaban J connectivity index is 1.27. The molecule has 11 heteroatoms. The summed E-state index contributed by atoms with van der Waals surface area (Å²) in [6.07, 6.45) is -3.86. The van der Waals surface area contributed by atoms with E-state index in [-0.39, 0.29) is 39.5 Å². The quantitative estimate of drug-likeness (QED) is 0.366. The molecule has 214 valence electrons. The van der Waals surface area contributed by atoms with Gasteiger partial charge in [0.2, 0.25) is 11.8 Å². The van der Waals surface area contributed by atoms with Gasteiger partial charge in [0.1, 0.15) is 0 Å². The van der Waals surface area contributed by atoms with Gasteiger partial charge < -0.3 is 9.88 Å². The average Bonchev–Trinajstić information content (AvgIpc) is 3.68. The van der Waals surface area contributed by atoms with E-state index in [2.05, 4.69) is 48.0 Å². The molecule has 7 atom stereocenters. The van der Waals surface area contributed by atoms with E-state index in [1.807, 2.05) is 0 Å². The highest BCUT2D eigenvalue weighted by atomic mass is 32.2. The van der Waals surface area contributed by atoms with Gasteiger partial charge in [0.25, 0.3) is 0 Å². The van der Waals surface area contributed by atoms with Crippen molar-refractivity contribution in [2.75, 3.05) is 22.9 Å². The molecule has 7 rings (SSSR count). The molecule has 2 bridgehead atoms. The standard InChI is InChI=1S/C30H28F3N3O3S2/c1-3-35(4-2)16-10-8-14(9-11-16)20-21-18-13-19(24(21)40-26-25(20)41-29(39)34-26)23-22(18)27(37)36(28(23)38)17-7-5-6-15(12-17)30(31,32)33/h5-12,18-24H,3-4,13H2,1-2H3,(H,34,39)/t18-,19-,20+,21+,22+,23+,24-/m1/s1. The van der Waals surface area contributed by atoms with Gasteiger partial charge in [-0.15, -0.1) is 11.8 Å². The van der Waals surface area contributed by atoms with Crippen LogP contribution >= 0.6 is 23.1 Å². The van der Waals surface area contributed by atoms with Crippen LogP contribution in [0.5, 0.6) is 0 Å². The molecule has 1 N–H and O–H groups in total. The number of rotatable bonds is 5. The zero-order chi connectivity index (χ0) is 28.8. The van der Waals surface area contributed by atoms with E-state index in [1.165, 1.54) is 23.5 Å². The lowest BCUT2D eigenvalue weighted by molar-refractivity contribution is -0.137. The molecule has 2 saturated carbocycles. The fourth-order valence-electron chi connectivity index (χ4n) is 7.95. The van der Waals surface area contributed by atoms with Crippen LogP contribution in [0.2, 0.25) is 0 Å². The Hall–Kier alpha value is -3.05. The maximum absolute atomic E-state index is 13.9. The number of nitrogens with zero attached hydrogens (tertiary/aromatic N) is 2. The van der Waals surface area contributed by atoms with E-state index in [4.69, 9.17) is 0 Å². The molecule has 2 amide bonds. The number of hydrogen-bond acceptors (Lipinski definition) is 6.